The maximum atomic E-state index is 9.69. The average molecular weight is 457 g/mol. The molecule has 0 saturated heterocycles. The maximum Gasteiger partial charge on any atom is 0.212 e. The molecule has 180 valence electrons. The van der Waals surface area contributed by atoms with Crippen LogP contribution in [0.4, 0.5) is 0 Å². The first-order valence-corrected chi connectivity index (χ1v) is 11.8. The summed E-state index contributed by atoms with van der Waals surface area (Å²) in [5.41, 5.74) is 2.18. The summed E-state index contributed by atoms with van der Waals surface area (Å²) in [4.78, 5) is 0. The molecule has 33 heavy (non-hydrogen) atoms. The molecular formula is C27H36O6. The van der Waals surface area contributed by atoms with Crippen LogP contribution in [0.2, 0.25) is 0 Å². The van der Waals surface area contributed by atoms with Crippen LogP contribution in [0.1, 0.15) is 64.0 Å². The molecule has 1 aliphatic heterocycles. The molecule has 0 saturated carbocycles. The number of ether oxygens (including phenoxy) is 5. The molecule has 6 nitrogen and oxygen atoms in total. The van der Waals surface area contributed by atoms with Crippen LogP contribution in [-0.2, 0) is 9.47 Å². The van der Waals surface area contributed by atoms with E-state index in [2.05, 4.69) is 32.6 Å². The Morgan fingerprint density at radius 2 is 1.82 bits per heavy atom. The van der Waals surface area contributed by atoms with Crippen molar-refractivity contribution in [3.8, 4) is 23.0 Å². The third kappa shape index (κ3) is 6.65. The first-order chi connectivity index (χ1) is 16.0. The maximum absolute atomic E-state index is 9.69. The van der Waals surface area contributed by atoms with Gasteiger partial charge in [0.25, 0.3) is 0 Å². The normalized spacial score (nSPS) is 15.4. The van der Waals surface area contributed by atoms with E-state index >= 15 is 0 Å². The summed E-state index contributed by atoms with van der Waals surface area (Å²) in [5.74, 6) is 3.38. The van der Waals surface area contributed by atoms with Crippen LogP contribution in [0.15, 0.2) is 49.2 Å². The molecule has 6 heteroatoms. The van der Waals surface area contributed by atoms with Crippen LogP contribution in [-0.4, -0.2) is 36.8 Å². The third-order valence-corrected chi connectivity index (χ3v) is 5.44. The van der Waals surface area contributed by atoms with Crippen molar-refractivity contribution in [3.63, 3.8) is 0 Å². The van der Waals surface area contributed by atoms with Crippen LogP contribution in [0.5, 0.6) is 23.0 Å². The molecule has 0 bridgehead atoms. The minimum atomic E-state index is -0.592. The second-order valence-corrected chi connectivity index (χ2v) is 8.34. The zero-order valence-electron chi connectivity index (χ0n) is 20.1. The fourth-order valence-electron chi connectivity index (χ4n) is 3.86. The zero-order valence-corrected chi connectivity index (χ0v) is 20.1. The third-order valence-electron chi connectivity index (χ3n) is 5.44. The molecule has 3 rings (SSSR count). The summed E-state index contributed by atoms with van der Waals surface area (Å²) in [6, 6.07) is 12.1. The largest absolute Gasteiger partial charge is 0.499 e. The molecule has 1 N–H and O–H groups in total. The van der Waals surface area contributed by atoms with Crippen LogP contribution in [0, 0.1) is 0 Å². The van der Waals surface area contributed by atoms with Crippen molar-refractivity contribution in [1.29, 1.82) is 0 Å². The van der Waals surface area contributed by atoms with Gasteiger partial charge in [0.1, 0.15) is 11.9 Å². The van der Waals surface area contributed by atoms with Crippen molar-refractivity contribution in [3.05, 3.63) is 60.4 Å². The Hall–Kier alpha value is -2.70. The second-order valence-electron chi connectivity index (χ2n) is 8.34. The number of hydrogen-bond donors (Lipinski definition) is 1. The number of rotatable bonds is 15. The highest BCUT2D eigenvalue weighted by Gasteiger charge is 2.34. The predicted octanol–water partition coefficient (Wildman–Crippen LogP) is 6.16. The van der Waals surface area contributed by atoms with Crippen molar-refractivity contribution >= 4 is 0 Å². The number of fused-ring (bicyclic) bond motifs is 1. The van der Waals surface area contributed by atoms with Crippen molar-refractivity contribution in [2.75, 3.05) is 13.2 Å². The molecule has 0 aromatic heterocycles. The van der Waals surface area contributed by atoms with Crippen LogP contribution >= 0.6 is 0 Å². The lowest BCUT2D eigenvalue weighted by atomic mass is 9.88. The zero-order chi connectivity index (χ0) is 23.8. The Kier molecular flexibility index (Phi) is 9.03. The van der Waals surface area contributed by atoms with Gasteiger partial charge in [0.05, 0.1) is 25.6 Å². The highest BCUT2D eigenvalue weighted by atomic mass is 16.7. The summed E-state index contributed by atoms with van der Waals surface area (Å²) >= 11 is 0. The topological polar surface area (TPSA) is 69.7 Å². The monoisotopic (exact) mass is 456 g/mol. The molecular weight excluding hydrogens is 420 g/mol. The number of hydrogen-bond acceptors (Lipinski definition) is 6. The van der Waals surface area contributed by atoms with Gasteiger partial charge in [0.15, 0.2) is 11.5 Å². The summed E-state index contributed by atoms with van der Waals surface area (Å²) in [6.07, 6.45) is 2.43. The molecule has 0 fully saturated rings. The van der Waals surface area contributed by atoms with Gasteiger partial charge >= 0.3 is 0 Å². The van der Waals surface area contributed by atoms with Gasteiger partial charge in [-0.15, -0.1) is 0 Å². The Bertz CT molecular complexity index is 909. The smallest absolute Gasteiger partial charge is 0.212 e. The first kappa shape index (κ1) is 24.9. The highest BCUT2D eigenvalue weighted by molar-refractivity contribution is 5.69. The minimum Gasteiger partial charge on any atom is -0.499 e. The lowest BCUT2D eigenvalue weighted by Gasteiger charge is -2.26. The quantitative estimate of drug-likeness (QED) is 0.168. The molecule has 0 radical (unpaired) electrons. The summed E-state index contributed by atoms with van der Waals surface area (Å²) in [6.45, 7) is 12.3. The SMILES string of the molecule is C=COC(C)CC(OCC(C)O)Oc1ccccc1C(CC)c1ccc(OCCC)c2c1O2. The first-order valence-electron chi connectivity index (χ1n) is 11.8. The fourth-order valence-corrected chi connectivity index (χ4v) is 3.86. The van der Waals surface area contributed by atoms with Gasteiger partial charge in [-0.1, -0.05) is 44.7 Å². The van der Waals surface area contributed by atoms with Crippen molar-refractivity contribution in [2.24, 2.45) is 0 Å². The van der Waals surface area contributed by atoms with Crippen LogP contribution < -0.4 is 14.2 Å². The van der Waals surface area contributed by atoms with Gasteiger partial charge in [0.2, 0.25) is 12.0 Å². The Balaban J connectivity index is 1.83. The number of para-hydroxylation sites is 1. The second kappa shape index (κ2) is 12.0. The number of benzene rings is 2. The van der Waals surface area contributed by atoms with Crippen molar-refractivity contribution in [1.82, 2.24) is 0 Å². The lowest BCUT2D eigenvalue weighted by Crippen LogP contribution is -2.29. The van der Waals surface area contributed by atoms with Gasteiger partial charge in [-0.3, -0.25) is 0 Å². The minimum absolute atomic E-state index is 0.0944. The van der Waals surface area contributed by atoms with Gasteiger partial charge in [-0.2, -0.15) is 0 Å². The summed E-state index contributed by atoms with van der Waals surface area (Å²) in [5, 5.41) is 9.69. The van der Waals surface area contributed by atoms with E-state index in [4.69, 9.17) is 23.7 Å². The highest BCUT2D eigenvalue weighted by Crippen LogP contribution is 2.58. The van der Waals surface area contributed by atoms with E-state index in [1.807, 2.05) is 31.2 Å². The fraction of sp³-hybridized carbons (Fsp3) is 0.481. The number of aliphatic hydroxyl groups is 1. The van der Waals surface area contributed by atoms with Gasteiger partial charge in [-0.05, 0) is 38.8 Å². The Labute approximate surface area is 197 Å². The standard InChI is InChI=1S/C27H36O6/c1-6-15-30-24-14-13-22(26-27(24)33-26)20(7-2)21-11-9-10-12-23(21)32-25(31-17-18(4)28)16-19(5)29-8-3/h8-14,18-20,25,28H,3,6-7,15-17H2,1-2,4-5H3. The van der Waals surface area contributed by atoms with E-state index in [0.29, 0.717) is 13.0 Å². The Morgan fingerprint density at radius 1 is 1.03 bits per heavy atom. The molecule has 4 unspecified atom stereocenters. The molecule has 0 aliphatic carbocycles. The van der Waals surface area contributed by atoms with Crippen molar-refractivity contribution in [2.45, 2.75) is 71.4 Å². The van der Waals surface area contributed by atoms with E-state index in [9.17, 15) is 5.11 Å². The molecule has 1 aliphatic rings. The van der Waals surface area contributed by atoms with Gasteiger partial charge < -0.3 is 28.8 Å². The van der Waals surface area contributed by atoms with Gasteiger partial charge in [0, 0.05) is 23.5 Å². The molecule has 0 amide bonds. The molecule has 2 aromatic carbocycles. The molecule has 0 spiro atoms. The van der Waals surface area contributed by atoms with E-state index in [-0.39, 0.29) is 18.6 Å². The van der Waals surface area contributed by atoms with Crippen molar-refractivity contribution < 1.29 is 28.8 Å². The van der Waals surface area contributed by atoms with E-state index in [1.54, 1.807) is 6.92 Å². The van der Waals surface area contributed by atoms with Gasteiger partial charge in [-0.25, -0.2) is 0 Å². The molecule has 1 heterocycles. The molecule has 4 atom stereocenters. The Morgan fingerprint density at radius 3 is 2.52 bits per heavy atom. The van der Waals surface area contributed by atoms with Crippen LogP contribution in [0.25, 0.3) is 0 Å². The van der Waals surface area contributed by atoms with E-state index in [0.717, 1.165) is 47.0 Å². The molecule has 2 aromatic rings. The van der Waals surface area contributed by atoms with E-state index in [1.165, 1.54) is 6.26 Å². The predicted molar refractivity (Wildman–Crippen MR) is 128 cm³/mol. The summed E-state index contributed by atoms with van der Waals surface area (Å²) in [7, 11) is 0. The summed E-state index contributed by atoms with van der Waals surface area (Å²) < 4.78 is 29.3. The lowest BCUT2D eigenvalue weighted by molar-refractivity contribution is -0.119. The van der Waals surface area contributed by atoms with E-state index < -0.39 is 12.4 Å². The average Bonchev–Trinajstić information content (AvgIpc) is 3.59. The van der Waals surface area contributed by atoms with Crippen LogP contribution in [0.3, 0.4) is 0 Å². The number of aliphatic hydroxyl groups excluding tert-OH is 1.